The lowest BCUT2D eigenvalue weighted by Gasteiger charge is -2.15. The van der Waals surface area contributed by atoms with E-state index in [1.807, 2.05) is 0 Å². The maximum absolute atomic E-state index is 11.6. The minimum absolute atomic E-state index is 0.216. The van der Waals surface area contributed by atoms with Crippen LogP contribution in [-0.4, -0.2) is 23.5 Å². The van der Waals surface area contributed by atoms with Crippen molar-refractivity contribution in [3.05, 3.63) is 11.9 Å². The Hall–Kier alpha value is -0.110. The van der Waals surface area contributed by atoms with Gasteiger partial charge in [0.15, 0.2) is 0 Å². The fourth-order valence-corrected chi connectivity index (χ4v) is 3.40. The zero-order chi connectivity index (χ0) is 8.54. The van der Waals surface area contributed by atoms with Crippen LogP contribution in [-0.2, 0) is 9.09 Å². The molecule has 2 unspecified atom stereocenters. The highest BCUT2D eigenvalue weighted by molar-refractivity contribution is 7.62. The van der Waals surface area contributed by atoms with E-state index >= 15 is 0 Å². The van der Waals surface area contributed by atoms with Gasteiger partial charge in [0.25, 0.3) is 0 Å². The Morgan fingerprint density at radius 1 is 1.82 bits per heavy atom. The van der Waals surface area contributed by atoms with Gasteiger partial charge in [0.05, 0.1) is 18.4 Å². The van der Waals surface area contributed by atoms with Gasteiger partial charge in [-0.3, -0.25) is 4.57 Å². The Balaban J connectivity index is 2.68. The molecule has 1 aliphatic rings. The summed E-state index contributed by atoms with van der Waals surface area (Å²) in [5, 5.41) is 9.42. The second-order valence-electron chi connectivity index (χ2n) is 2.97. The summed E-state index contributed by atoms with van der Waals surface area (Å²) >= 11 is 0. The van der Waals surface area contributed by atoms with Gasteiger partial charge in [-0.2, -0.15) is 0 Å². The van der Waals surface area contributed by atoms with Crippen LogP contribution in [0.5, 0.6) is 0 Å². The van der Waals surface area contributed by atoms with Crippen LogP contribution in [0, 0.1) is 0 Å². The molecule has 0 saturated carbocycles. The van der Waals surface area contributed by atoms with Gasteiger partial charge in [0, 0.05) is 0 Å². The summed E-state index contributed by atoms with van der Waals surface area (Å²) in [6.07, 6.45) is 1.76. The lowest BCUT2D eigenvalue weighted by molar-refractivity contribution is 0.136. The van der Waals surface area contributed by atoms with E-state index in [0.717, 1.165) is 0 Å². The average Bonchev–Trinajstić information content (AvgIpc) is 2.07. The summed E-state index contributed by atoms with van der Waals surface area (Å²) in [6, 6.07) is 0. The van der Waals surface area contributed by atoms with Crippen molar-refractivity contribution in [2.24, 2.45) is 0 Å². The van der Waals surface area contributed by atoms with Crippen molar-refractivity contribution in [2.45, 2.75) is 19.4 Å². The second-order valence-corrected chi connectivity index (χ2v) is 5.30. The van der Waals surface area contributed by atoms with E-state index < -0.39 is 13.0 Å². The van der Waals surface area contributed by atoms with Crippen LogP contribution in [0.1, 0.15) is 13.8 Å². The van der Waals surface area contributed by atoms with Crippen molar-refractivity contribution in [3.8, 4) is 0 Å². The fourth-order valence-electron chi connectivity index (χ4n) is 1.13. The van der Waals surface area contributed by atoms with E-state index in [2.05, 4.69) is 0 Å². The van der Waals surface area contributed by atoms with Crippen LogP contribution in [0.15, 0.2) is 11.9 Å². The van der Waals surface area contributed by atoms with E-state index in [1.54, 1.807) is 19.9 Å². The predicted octanol–water partition coefficient (Wildman–Crippen LogP) is 1.58. The first-order valence-electron chi connectivity index (χ1n) is 3.63. The molecule has 0 fully saturated rings. The zero-order valence-corrected chi connectivity index (χ0v) is 7.67. The molecular formula is C7H13O3P. The summed E-state index contributed by atoms with van der Waals surface area (Å²) in [5.41, 5.74) is -0.940. The smallest absolute Gasteiger partial charge is 0.228 e. The first-order valence-corrected chi connectivity index (χ1v) is 5.51. The van der Waals surface area contributed by atoms with Crippen molar-refractivity contribution >= 4 is 7.37 Å². The second kappa shape index (κ2) is 2.74. The Labute approximate surface area is 66.5 Å². The molecule has 1 aliphatic heterocycles. The molecule has 2 atom stereocenters. The van der Waals surface area contributed by atoms with Crippen molar-refractivity contribution in [2.75, 3.05) is 12.8 Å². The molecular weight excluding hydrogens is 163 g/mol. The summed E-state index contributed by atoms with van der Waals surface area (Å²) in [5.74, 6) is 1.50. The molecule has 4 heteroatoms. The highest BCUT2D eigenvalue weighted by Gasteiger charge is 2.36. The average molecular weight is 176 g/mol. The van der Waals surface area contributed by atoms with Crippen molar-refractivity contribution in [1.29, 1.82) is 0 Å². The number of hydrogen-bond acceptors (Lipinski definition) is 3. The Morgan fingerprint density at radius 2 is 2.45 bits per heavy atom. The normalized spacial score (nSPS) is 43.2. The quantitative estimate of drug-likeness (QED) is 0.649. The van der Waals surface area contributed by atoms with Gasteiger partial charge in [0.2, 0.25) is 7.37 Å². The van der Waals surface area contributed by atoms with Crippen LogP contribution in [0.4, 0.5) is 0 Å². The molecule has 64 valence electrons. The molecule has 0 amide bonds. The zero-order valence-electron chi connectivity index (χ0n) is 6.78. The minimum Gasteiger partial charge on any atom is -0.385 e. The van der Waals surface area contributed by atoms with Crippen LogP contribution in [0.3, 0.4) is 0 Å². The minimum atomic E-state index is -2.62. The molecule has 0 saturated heterocycles. The van der Waals surface area contributed by atoms with Gasteiger partial charge in [-0.25, -0.2) is 0 Å². The summed E-state index contributed by atoms with van der Waals surface area (Å²) in [6.45, 7) is 3.85. The highest BCUT2D eigenvalue weighted by atomic mass is 31.2. The lowest BCUT2D eigenvalue weighted by atomic mass is 10.1. The molecule has 0 aromatic carbocycles. The monoisotopic (exact) mass is 176 g/mol. The Kier molecular flexibility index (Phi) is 2.24. The molecule has 0 aromatic heterocycles. The molecule has 0 aromatic rings. The van der Waals surface area contributed by atoms with Crippen LogP contribution < -0.4 is 0 Å². The molecule has 1 rings (SSSR count). The van der Waals surface area contributed by atoms with Gasteiger partial charge in [-0.05, 0) is 25.7 Å². The van der Waals surface area contributed by atoms with Gasteiger partial charge in [-0.1, -0.05) is 0 Å². The summed E-state index contributed by atoms with van der Waals surface area (Å²) in [7, 11) is -2.62. The largest absolute Gasteiger partial charge is 0.385 e. The summed E-state index contributed by atoms with van der Waals surface area (Å²) < 4.78 is 16.6. The SMILES string of the molecule is CCOP1(=O)C=CC(C)(O)C1. The first kappa shape index (κ1) is 8.98. The third-order valence-corrected chi connectivity index (χ3v) is 3.93. The van der Waals surface area contributed by atoms with Gasteiger partial charge >= 0.3 is 0 Å². The Bertz CT molecular complexity index is 220. The number of hydrogen-bond donors (Lipinski definition) is 1. The molecule has 1 heterocycles. The molecule has 11 heavy (non-hydrogen) atoms. The van der Waals surface area contributed by atoms with Crippen LogP contribution in [0.25, 0.3) is 0 Å². The fraction of sp³-hybridized carbons (Fsp3) is 0.714. The predicted molar refractivity (Wildman–Crippen MR) is 43.9 cm³/mol. The van der Waals surface area contributed by atoms with E-state index in [0.29, 0.717) is 6.61 Å². The van der Waals surface area contributed by atoms with Crippen molar-refractivity contribution in [3.63, 3.8) is 0 Å². The van der Waals surface area contributed by atoms with E-state index in [4.69, 9.17) is 4.52 Å². The third kappa shape index (κ3) is 2.16. The van der Waals surface area contributed by atoms with Crippen molar-refractivity contribution in [1.82, 2.24) is 0 Å². The number of rotatable bonds is 2. The summed E-state index contributed by atoms with van der Waals surface area (Å²) in [4.78, 5) is 0. The van der Waals surface area contributed by atoms with Crippen LogP contribution in [0.2, 0.25) is 0 Å². The Morgan fingerprint density at radius 3 is 2.82 bits per heavy atom. The van der Waals surface area contributed by atoms with E-state index in [9.17, 15) is 9.67 Å². The molecule has 3 nitrogen and oxygen atoms in total. The van der Waals surface area contributed by atoms with E-state index in [-0.39, 0.29) is 6.16 Å². The molecule has 0 radical (unpaired) electrons. The van der Waals surface area contributed by atoms with Gasteiger partial charge in [0.1, 0.15) is 0 Å². The standard InChI is InChI=1S/C7H13O3P/c1-3-10-11(9)5-4-7(2,8)6-11/h4-5,8H,3,6H2,1-2H3. The van der Waals surface area contributed by atoms with Gasteiger partial charge < -0.3 is 9.63 Å². The van der Waals surface area contributed by atoms with Gasteiger partial charge in [-0.15, -0.1) is 0 Å². The lowest BCUT2D eigenvalue weighted by Crippen LogP contribution is -2.21. The first-order chi connectivity index (χ1) is 4.97. The molecule has 0 bridgehead atoms. The highest BCUT2D eigenvalue weighted by Crippen LogP contribution is 2.55. The number of aliphatic hydroxyl groups is 1. The maximum atomic E-state index is 11.6. The van der Waals surface area contributed by atoms with E-state index in [1.165, 1.54) is 5.82 Å². The van der Waals surface area contributed by atoms with Crippen molar-refractivity contribution < 1.29 is 14.2 Å². The molecule has 0 aliphatic carbocycles. The third-order valence-electron chi connectivity index (χ3n) is 1.55. The van der Waals surface area contributed by atoms with Crippen LogP contribution >= 0.6 is 7.37 Å². The maximum Gasteiger partial charge on any atom is 0.228 e. The molecule has 1 N–H and O–H groups in total. The molecule has 0 spiro atoms. The topological polar surface area (TPSA) is 46.5 Å².